The Morgan fingerprint density at radius 1 is 1.12 bits per heavy atom. The highest BCUT2D eigenvalue weighted by atomic mass is 19.1. The molecule has 0 spiro atoms. The highest BCUT2D eigenvalue weighted by Gasteiger charge is 2.24. The fraction of sp³-hybridized carbons (Fsp3) is 0.450. The lowest BCUT2D eigenvalue weighted by atomic mass is 10.2. The van der Waals surface area contributed by atoms with Crippen LogP contribution in [0.1, 0.15) is 30.2 Å². The second kappa shape index (κ2) is 8.36. The molecule has 1 aliphatic rings. The topological polar surface area (TPSA) is 45.9 Å². The first kappa shape index (κ1) is 18.5. The molecule has 0 N–H and O–H groups in total. The molecule has 0 unspecified atom stereocenters. The van der Waals surface area contributed by atoms with E-state index in [0.717, 1.165) is 19.6 Å². The van der Waals surface area contributed by atoms with Gasteiger partial charge in [0.2, 0.25) is 0 Å². The van der Waals surface area contributed by atoms with Crippen molar-refractivity contribution in [3.05, 3.63) is 53.7 Å². The summed E-state index contributed by atoms with van der Waals surface area (Å²) in [6.45, 7) is 8.89. The van der Waals surface area contributed by atoms with Crippen molar-refractivity contribution >= 4 is 5.91 Å². The predicted octanol–water partition coefficient (Wildman–Crippen LogP) is 3.41. The Bertz CT molecular complexity index is 719. The van der Waals surface area contributed by atoms with E-state index in [1.54, 1.807) is 24.3 Å². The number of halogens is 1. The Labute approximate surface area is 153 Å². The molecule has 1 fully saturated rings. The van der Waals surface area contributed by atoms with E-state index < -0.39 is 0 Å². The maximum absolute atomic E-state index is 12.9. The van der Waals surface area contributed by atoms with Gasteiger partial charge < -0.3 is 14.1 Å². The normalized spacial score (nSPS) is 15.5. The van der Waals surface area contributed by atoms with Crippen LogP contribution in [0.3, 0.4) is 0 Å². The summed E-state index contributed by atoms with van der Waals surface area (Å²) in [6.07, 6.45) is 0. The van der Waals surface area contributed by atoms with Crippen LogP contribution in [0.4, 0.5) is 4.39 Å². The fourth-order valence-corrected chi connectivity index (χ4v) is 3.06. The van der Waals surface area contributed by atoms with E-state index in [-0.39, 0.29) is 18.3 Å². The van der Waals surface area contributed by atoms with Gasteiger partial charge in [-0.3, -0.25) is 9.69 Å². The van der Waals surface area contributed by atoms with Gasteiger partial charge >= 0.3 is 0 Å². The minimum atomic E-state index is -0.309. The summed E-state index contributed by atoms with van der Waals surface area (Å²) in [5.74, 6) is 1.69. The maximum atomic E-state index is 12.9. The lowest BCUT2D eigenvalue weighted by Gasteiger charge is -2.35. The Balaban J connectivity index is 1.51. The quantitative estimate of drug-likeness (QED) is 0.792. The zero-order valence-corrected chi connectivity index (χ0v) is 15.3. The van der Waals surface area contributed by atoms with Crippen molar-refractivity contribution in [1.29, 1.82) is 0 Å². The Morgan fingerprint density at radius 2 is 1.81 bits per heavy atom. The second-order valence-electron chi connectivity index (χ2n) is 7.00. The van der Waals surface area contributed by atoms with Crippen molar-refractivity contribution < 1.29 is 18.3 Å². The number of carbonyl (C=O) groups is 1. The van der Waals surface area contributed by atoms with E-state index in [1.165, 1.54) is 12.1 Å². The molecule has 2 aromatic rings. The monoisotopic (exact) mass is 360 g/mol. The van der Waals surface area contributed by atoms with E-state index in [1.807, 2.05) is 4.90 Å². The van der Waals surface area contributed by atoms with Gasteiger partial charge in [0.05, 0.1) is 0 Å². The van der Waals surface area contributed by atoms with Gasteiger partial charge in [-0.1, -0.05) is 13.8 Å². The number of piperazine rings is 1. The number of hydrogen-bond donors (Lipinski definition) is 0. The number of hydrogen-bond acceptors (Lipinski definition) is 4. The van der Waals surface area contributed by atoms with E-state index in [9.17, 15) is 9.18 Å². The lowest BCUT2D eigenvalue weighted by molar-refractivity contribution is 0.0590. The summed E-state index contributed by atoms with van der Waals surface area (Å²) in [5, 5.41) is 0. The molecule has 1 saturated heterocycles. The third-order valence-corrected chi connectivity index (χ3v) is 4.35. The van der Waals surface area contributed by atoms with E-state index in [2.05, 4.69) is 18.7 Å². The summed E-state index contributed by atoms with van der Waals surface area (Å²) < 4.78 is 24.1. The number of carbonyl (C=O) groups excluding carboxylic acids is 1. The van der Waals surface area contributed by atoms with Gasteiger partial charge in [0, 0.05) is 32.7 Å². The summed E-state index contributed by atoms with van der Waals surface area (Å²) in [4.78, 5) is 16.8. The van der Waals surface area contributed by atoms with Crippen LogP contribution in [0.15, 0.2) is 40.8 Å². The molecular formula is C20H25FN2O3. The molecule has 26 heavy (non-hydrogen) atoms. The molecule has 1 aromatic carbocycles. The fourth-order valence-electron chi connectivity index (χ4n) is 3.06. The van der Waals surface area contributed by atoms with Crippen molar-refractivity contribution in [2.24, 2.45) is 5.92 Å². The molecule has 0 atom stereocenters. The largest absolute Gasteiger partial charge is 0.486 e. The molecule has 1 aliphatic heterocycles. The van der Waals surface area contributed by atoms with Crippen molar-refractivity contribution in [3.8, 4) is 5.75 Å². The first-order valence-corrected chi connectivity index (χ1v) is 9.00. The Morgan fingerprint density at radius 3 is 2.46 bits per heavy atom. The Hall–Kier alpha value is -2.34. The molecule has 140 valence electrons. The predicted molar refractivity (Wildman–Crippen MR) is 96.6 cm³/mol. The van der Waals surface area contributed by atoms with Crippen LogP contribution in [0.2, 0.25) is 0 Å². The minimum Gasteiger partial charge on any atom is -0.486 e. The van der Waals surface area contributed by atoms with Gasteiger partial charge in [-0.05, 0) is 42.3 Å². The SMILES string of the molecule is CC(C)CN1CCN(C(=O)c2ccc(COc3ccc(F)cc3)o2)CC1. The van der Waals surface area contributed by atoms with Crippen molar-refractivity contribution in [3.63, 3.8) is 0 Å². The highest BCUT2D eigenvalue weighted by Crippen LogP contribution is 2.17. The average Bonchev–Trinajstić information content (AvgIpc) is 3.10. The number of ether oxygens (including phenoxy) is 1. The Kier molecular flexibility index (Phi) is 5.93. The van der Waals surface area contributed by atoms with Gasteiger partial charge in [0.15, 0.2) is 5.76 Å². The van der Waals surface area contributed by atoms with Crippen LogP contribution in [0.5, 0.6) is 5.75 Å². The standard InChI is InChI=1S/C20H25FN2O3/c1-15(2)13-22-9-11-23(12-10-22)20(24)19-8-7-18(26-19)14-25-17-5-3-16(21)4-6-17/h3-8,15H,9-14H2,1-2H3. The summed E-state index contributed by atoms with van der Waals surface area (Å²) >= 11 is 0. The molecule has 1 aromatic heterocycles. The summed E-state index contributed by atoms with van der Waals surface area (Å²) in [6, 6.07) is 9.22. The van der Waals surface area contributed by atoms with Crippen LogP contribution < -0.4 is 4.74 Å². The summed E-state index contributed by atoms with van der Waals surface area (Å²) in [7, 11) is 0. The van der Waals surface area contributed by atoms with E-state index in [4.69, 9.17) is 9.15 Å². The number of benzene rings is 1. The van der Waals surface area contributed by atoms with E-state index >= 15 is 0 Å². The van der Waals surface area contributed by atoms with Crippen LogP contribution in [0, 0.1) is 11.7 Å². The maximum Gasteiger partial charge on any atom is 0.289 e. The zero-order valence-electron chi connectivity index (χ0n) is 15.3. The minimum absolute atomic E-state index is 0.0813. The number of nitrogens with zero attached hydrogens (tertiary/aromatic N) is 2. The van der Waals surface area contributed by atoms with Gasteiger partial charge in [-0.2, -0.15) is 0 Å². The second-order valence-corrected chi connectivity index (χ2v) is 7.00. The van der Waals surface area contributed by atoms with Crippen molar-refractivity contribution in [2.75, 3.05) is 32.7 Å². The van der Waals surface area contributed by atoms with Crippen molar-refractivity contribution in [2.45, 2.75) is 20.5 Å². The first-order chi connectivity index (χ1) is 12.5. The third-order valence-electron chi connectivity index (χ3n) is 4.35. The number of amides is 1. The molecule has 3 rings (SSSR count). The van der Waals surface area contributed by atoms with Crippen LogP contribution in [-0.2, 0) is 6.61 Å². The smallest absolute Gasteiger partial charge is 0.289 e. The molecule has 1 amide bonds. The number of furan rings is 1. The molecule has 0 bridgehead atoms. The van der Waals surface area contributed by atoms with Gasteiger partial charge in [-0.15, -0.1) is 0 Å². The molecule has 0 aliphatic carbocycles. The molecule has 2 heterocycles. The molecule has 6 heteroatoms. The average molecular weight is 360 g/mol. The molecular weight excluding hydrogens is 335 g/mol. The highest BCUT2D eigenvalue weighted by molar-refractivity contribution is 5.91. The molecule has 5 nitrogen and oxygen atoms in total. The van der Waals surface area contributed by atoms with Gasteiger partial charge in [0.1, 0.15) is 23.9 Å². The van der Waals surface area contributed by atoms with Crippen LogP contribution in [0.25, 0.3) is 0 Å². The van der Waals surface area contributed by atoms with Crippen molar-refractivity contribution in [1.82, 2.24) is 9.80 Å². The van der Waals surface area contributed by atoms with Gasteiger partial charge in [-0.25, -0.2) is 4.39 Å². The zero-order chi connectivity index (χ0) is 18.5. The van der Waals surface area contributed by atoms with E-state index in [0.29, 0.717) is 36.3 Å². The third kappa shape index (κ3) is 4.85. The number of rotatable bonds is 6. The lowest BCUT2D eigenvalue weighted by Crippen LogP contribution is -2.49. The van der Waals surface area contributed by atoms with Gasteiger partial charge in [0.25, 0.3) is 5.91 Å². The summed E-state index contributed by atoms with van der Waals surface area (Å²) in [5.41, 5.74) is 0. The molecule has 0 saturated carbocycles. The first-order valence-electron chi connectivity index (χ1n) is 9.00. The van der Waals surface area contributed by atoms with Crippen LogP contribution >= 0.6 is 0 Å². The molecule has 0 radical (unpaired) electrons. The van der Waals surface area contributed by atoms with Crippen LogP contribution in [-0.4, -0.2) is 48.4 Å².